The highest BCUT2D eigenvalue weighted by Crippen LogP contribution is 2.16. The van der Waals surface area contributed by atoms with Crippen LogP contribution in [0.25, 0.3) is 0 Å². The average molecular weight is 175 g/mol. The van der Waals surface area contributed by atoms with Crippen LogP contribution in [0.3, 0.4) is 0 Å². The highest BCUT2D eigenvalue weighted by Gasteiger charge is 2.19. The molecule has 1 rings (SSSR count). The van der Waals surface area contributed by atoms with E-state index in [1.807, 2.05) is 0 Å². The van der Waals surface area contributed by atoms with Gasteiger partial charge in [-0.2, -0.15) is 4.53 Å². The Bertz CT molecular complexity index is 102. The van der Waals surface area contributed by atoms with Crippen molar-refractivity contribution in [2.24, 2.45) is 5.10 Å². The zero-order valence-corrected chi connectivity index (χ0v) is 5.77. The Morgan fingerprint density at radius 1 is 1.25 bits per heavy atom. The van der Waals surface area contributed by atoms with Gasteiger partial charge in [0.2, 0.25) is 0 Å². The van der Waals surface area contributed by atoms with E-state index in [0.717, 1.165) is 13.8 Å². The van der Waals surface area contributed by atoms with E-state index in [2.05, 4.69) is 5.10 Å². The van der Waals surface area contributed by atoms with Gasteiger partial charge in [0.05, 0.1) is 11.8 Å². The number of rotatable bonds is 0. The molecule has 0 N–H and O–H groups in total. The standard InChI is InChI=1S/CHCl3N4/c2-6-1-5-7(3)8(6)4/h1H. The Morgan fingerprint density at radius 3 is 2.00 bits per heavy atom. The van der Waals surface area contributed by atoms with Crippen LogP contribution >= 0.6 is 35.3 Å². The number of hydrazine groups is 2. The van der Waals surface area contributed by atoms with E-state index in [0.29, 0.717) is 0 Å². The van der Waals surface area contributed by atoms with Crippen molar-refractivity contribution >= 4 is 41.7 Å². The molecule has 0 aromatic heterocycles. The molecule has 1 heterocycles. The van der Waals surface area contributed by atoms with E-state index in [9.17, 15) is 0 Å². The van der Waals surface area contributed by atoms with Crippen LogP contribution in [0, 0.1) is 0 Å². The van der Waals surface area contributed by atoms with Crippen LogP contribution in [0.4, 0.5) is 0 Å². The van der Waals surface area contributed by atoms with Crippen molar-refractivity contribution in [3.8, 4) is 0 Å². The topological polar surface area (TPSA) is 22.1 Å². The first-order valence-electron chi connectivity index (χ1n) is 1.62. The Kier molecular flexibility index (Phi) is 1.67. The third-order valence-corrected chi connectivity index (χ3v) is 1.46. The van der Waals surface area contributed by atoms with Crippen LogP contribution in [-0.4, -0.2) is 20.1 Å². The van der Waals surface area contributed by atoms with Crippen molar-refractivity contribution in [3.05, 3.63) is 0 Å². The van der Waals surface area contributed by atoms with Gasteiger partial charge >= 0.3 is 0 Å². The summed E-state index contributed by atoms with van der Waals surface area (Å²) in [6.07, 6.45) is 1.25. The van der Waals surface area contributed by atoms with E-state index in [-0.39, 0.29) is 0 Å². The summed E-state index contributed by atoms with van der Waals surface area (Å²) < 4.78 is 2.74. The summed E-state index contributed by atoms with van der Waals surface area (Å²) in [5.74, 6) is 0. The summed E-state index contributed by atoms with van der Waals surface area (Å²) >= 11 is 15.9. The fourth-order valence-electron chi connectivity index (χ4n) is 0.241. The van der Waals surface area contributed by atoms with Crippen LogP contribution in [-0.2, 0) is 0 Å². The second kappa shape index (κ2) is 2.14. The molecule has 46 valence electrons. The molecule has 4 nitrogen and oxygen atoms in total. The lowest BCUT2D eigenvalue weighted by Gasteiger charge is -2.13. The zero-order chi connectivity index (χ0) is 6.15. The largest absolute Gasteiger partial charge is 0.166 e. The molecule has 1 aliphatic heterocycles. The summed E-state index contributed by atoms with van der Waals surface area (Å²) in [5.41, 5.74) is 0. The molecule has 0 fully saturated rings. The second-order valence-electron chi connectivity index (χ2n) is 1.00. The van der Waals surface area contributed by atoms with Crippen LogP contribution < -0.4 is 0 Å². The zero-order valence-electron chi connectivity index (χ0n) is 3.50. The quantitative estimate of drug-likeness (QED) is 0.516. The summed E-state index contributed by atoms with van der Waals surface area (Å²) in [6.45, 7) is 0. The van der Waals surface area contributed by atoms with Gasteiger partial charge in [0.15, 0.2) is 0 Å². The maximum Gasteiger partial charge on any atom is 0.149 e. The van der Waals surface area contributed by atoms with Crippen molar-refractivity contribution in [1.29, 1.82) is 0 Å². The Morgan fingerprint density at radius 2 is 1.88 bits per heavy atom. The first-order valence-corrected chi connectivity index (χ1v) is 2.64. The van der Waals surface area contributed by atoms with Crippen molar-refractivity contribution in [1.82, 2.24) is 13.8 Å². The van der Waals surface area contributed by atoms with E-state index in [1.165, 1.54) is 6.34 Å². The number of hydrogen-bond donors (Lipinski definition) is 0. The van der Waals surface area contributed by atoms with E-state index >= 15 is 0 Å². The monoisotopic (exact) mass is 174 g/mol. The van der Waals surface area contributed by atoms with Crippen LogP contribution in [0.15, 0.2) is 5.10 Å². The minimum Gasteiger partial charge on any atom is -0.166 e. The Labute approximate surface area is 61.1 Å². The molecular formula is CHCl3N4. The molecule has 0 unspecified atom stereocenters. The van der Waals surface area contributed by atoms with E-state index < -0.39 is 0 Å². The maximum absolute atomic E-state index is 5.31. The normalized spacial score (nSPS) is 20.9. The molecule has 0 aromatic carbocycles. The molecule has 0 spiro atoms. The molecule has 0 radical (unpaired) electrons. The van der Waals surface area contributed by atoms with E-state index in [4.69, 9.17) is 35.3 Å². The highest BCUT2D eigenvalue weighted by atomic mass is 35.5. The van der Waals surface area contributed by atoms with Gasteiger partial charge < -0.3 is 0 Å². The fraction of sp³-hybridized carbons (Fsp3) is 0. The fourth-order valence-corrected chi connectivity index (χ4v) is 0.569. The van der Waals surface area contributed by atoms with Gasteiger partial charge in [-0.3, -0.25) is 0 Å². The highest BCUT2D eigenvalue weighted by molar-refractivity contribution is 6.25. The number of halogens is 3. The second-order valence-corrected chi connectivity index (χ2v) is 1.95. The van der Waals surface area contributed by atoms with Crippen LogP contribution in [0.1, 0.15) is 0 Å². The lowest BCUT2D eigenvalue weighted by molar-refractivity contribution is 0.105. The minimum atomic E-state index is 0.856. The predicted octanol–water partition coefficient (Wildman–Crippen LogP) is 1.14. The molecule has 8 heavy (non-hydrogen) atoms. The van der Waals surface area contributed by atoms with E-state index in [1.54, 1.807) is 0 Å². The molecule has 0 bridgehead atoms. The lowest BCUT2D eigenvalue weighted by atomic mass is 11.4. The maximum atomic E-state index is 5.31. The Hall–Kier alpha value is 0.1000. The van der Waals surface area contributed by atoms with Crippen molar-refractivity contribution in [3.63, 3.8) is 0 Å². The van der Waals surface area contributed by atoms with Gasteiger partial charge in [-0.25, -0.2) is 0 Å². The van der Waals surface area contributed by atoms with Gasteiger partial charge in [0.1, 0.15) is 6.34 Å². The van der Waals surface area contributed by atoms with Crippen molar-refractivity contribution in [2.75, 3.05) is 0 Å². The summed E-state index contributed by atoms with van der Waals surface area (Å²) in [7, 11) is 0. The van der Waals surface area contributed by atoms with Gasteiger partial charge in [0, 0.05) is 28.2 Å². The van der Waals surface area contributed by atoms with Gasteiger partial charge in [-0.1, -0.05) is 4.64 Å². The molecule has 0 aliphatic carbocycles. The van der Waals surface area contributed by atoms with Crippen LogP contribution in [0.2, 0.25) is 0 Å². The molecule has 0 amide bonds. The molecule has 0 saturated carbocycles. The first-order chi connectivity index (χ1) is 3.72. The molecule has 1 aliphatic rings. The summed E-state index contributed by atoms with van der Waals surface area (Å²) in [4.78, 5) is 0. The third kappa shape index (κ3) is 0.925. The smallest absolute Gasteiger partial charge is 0.149 e. The Balaban J connectivity index is 2.55. The summed E-state index contributed by atoms with van der Waals surface area (Å²) in [6, 6.07) is 0. The molecule has 0 saturated heterocycles. The first kappa shape index (κ1) is 6.22. The number of hydrogen-bond acceptors (Lipinski definition) is 4. The average Bonchev–Trinajstić information content (AvgIpc) is 1.98. The molecule has 0 aromatic rings. The predicted molar refractivity (Wildman–Crippen MR) is 31.6 cm³/mol. The van der Waals surface area contributed by atoms with Gasteiger partial charge in [-0.05, 0) is 0 Å². The van der Waals surface area contributed by atoms with Gasteiger partial charge in [-0.15, -0.1) is 5.10 Å². The molecule has 7 heteroatoms. The SMILES string of the molecule is ClN1C=NN(Cl)N1Cl. The lowest BCUT2D eigenvalue weighted by Crippen LogP contribution is -2.26. The summed E-state index contributed by atoms with van der Waals surface area (Å²) in [5, 5.41) is 3.46. The van der Waals surface area contributed by atoms with Crippen molar-refractivity contribution in [2.45, 2.75) is 0 Å². The minimum absolute atomic E-state index is 0.856. The number of nitrogens with zero attached hydrogens (tertiary/aromatic N) is 4. The molecular weight excluding hydrogens is 174 g/mol. The third-order valence-electron chi connectivity index (χ3n) is 0.536. The van der Waals surface area contributed by atoms with Gasteiger partial charge in [0.25, 0.3) is 0 Å². The van der Waals surface area contributed by atoms with Crippen molar-refractivity contribution < 1.29 is 0 Å². The number of hydrazone groups is 1. The molecule has 0 atom stereocenters. The van der Waals surface area contributed by atoms with Crippen LogP contribution in [0.5, 0.6) is 0 Å².